The Morgan fingerprint density at radius 2 is 1.06 bits per heavy atom. The number of benzene rings is 7. The number of allylic oxidation sites excluding steroid dienone is 4. The van der Waals surface area contributed by atoms with Crippen LogP contribution in [0.3, 0.4) is 0 Å². The maximum Gasteiger partial charge on any atom is 0.0643 e. The SMILES string of the molecule is CC1(C)c2ccccc2-c2ccc(N(c3ccc(-c4ccccc4)cc3)c3ccc(-c4ccc5c(c4)c4ccccc4n5C4(C)C=CC=CC4)cc3)cc21. The largest absolute Gasteiger partial charge is 0.331 e. The molecule has 8 aromatic rings. The number of anilines is 3. The molecule has 1 aromatic heterocycles. The molecule has 1 heterocycles. The van der Waals surface area contributed by atoms with E-state index in [0.29, 0.717) is 0 Å². The fourth-order valence-electron chi connectivity index (χ4n) is 9.10. The molecular formula is C52H42N2. The van der Waals surface area contributed by atoms with E-state index in [0.717, 1.165) is 23.5 Å². The van der Waals surface area contributed by atoms with Gasteiger partial charge in [0.2, 0.25) is 0 Å². The third-order valence-electron chi connectivity index (χ3n) is 11.9. The highest BCUT2D eigenvalue weighted by molar-refractivity contribution is 6.09. The van der Waals surface area contributed by atoms with Crippen LogP contribution < -0.4 is 4.90 Å². The summed E-state index contributed by atoms with van der Waals surface area (Å²) < 4.78 is 2.53. The molecule has 0 fully saturated rings. The maximum absolute atomic E-state index is 2.53. The number of para-hydroxylation sites is 1. The van der Waals surface area contributed by atoms with E-state index in [1.54, 1.807) is 0 Å². The summed E-state index contributed by atoms with van der Waals surface area (Å²) in [5.41, 5.74) is 16.0. The van der Waals surface area contributed by atoms with Gasteiger partial charge in [-0.3, -0.25) is 0 Å². The van der Waals surface area contributed by atoms with Crippen molar-refractivity contribution in [2.45, 2.75) is 38.1 Å². The van der Waals surface area contributed by atoms with Gasteiger partial charge in [0, 0.05) is 44.3 Å². The summed E-state index contributed by atoms with van der Waals surface area (Å²) in [4.78, 5) is 2.40. The van der Waals surface area contributed by atoms with Crippen molar-refractivity contribution in [3.63, 3.8) is 0 Å². The third kappa shape index (κ3) is 5.09. The van der Waals surface area contributed by atoms with E-state index < -0.39 is 0 Å². The molecule has 0 saturated carbocycles. The highest BCUT2D eigenvalue weighted by atomic mass is 15.1. The molecule has 1 unspecified atom stereocenters. The van der Waals surface area contributed by atoms with Crippen molar-refractivity contribution in [2.75, 3.05) is 4.90 Å². The van der Waals surface area contributed by atoms with Crippen LogP contribution in [-0.2, 0) is 11.0 Å². The van der Waals surface area contributed by atoms with Crippen molar-refractivity contribution < 1.29 is 0 Å². The van der Waals surface area contributed by atoms with Crippen LogP contribution in [0, 0.1) is 0 Å². The van der Waals surface area contributed by atoms with Gasteiger partial charge in [0.25, 0.3) is 0 Å². The normalized spacial score (nSPS) is 16.8. The quantitative estimate of drug-likeness (QED) is 0.168. The molecule has 0 spiro atoms. The minimum Gasteiger partial charge on any atom is -0.331 e. The fourth-order valence-corrected chi connectivity index (χ4v) is 9.10. The van der Waals surface area contributed by atoms with E-state index in [2.05, 4.69) is 218 Å². The number of hydrogen-bond acceptors (Lipinski definition) is 1. The molecule has 54 heavy (non-hydrogen) atoms. The Labute approximate surface area is 318 Å². The number of aromatic nitrogens is 1. The predicted molar refractivity (Wildman–Crippen MR) is 229 cm³/mol. The highest BCUT2D eigenvalue weighted by Crippen LogP contribution is 2.51. The predicted octanol–water partition coefficient (Wildman–Crippen LogP) is 14.1. The second-order valence-electron chi connectivity index (χ2n) is 15.6. The second-order valence-corrected chi connectivity index (χ2v) is 15.6. The molecule has 0 aliphatic heterocycles. The molecule has 7 aromatic carbocycles. The zero-order valence-corrected chi connectivity index (χ0v) is 31.0. The Bertz CT molecular complexity index is 2760. The van der Waals surface area contributed by atoms with Crippen LogP contribution >= 0.6 is 0 Å². The van der Waals surface area contributed by atoms with Gasteiger partial charge in [-0.05, 0) is 112 Å². The Kier molecular flexibility index (Phi) is 7.39. The van der Waals surface area contributed by atoms with E-state index in [1.165, 1.54) is 66.3 Å². The molecule has 10 rings (SSSR count). The molecule has 2 heteroatoms. The van der Waals surface area contributed by atoms with Crippen molar-refractivity contribution >= 4 is 38.9 Å². The summed E-state index contributed by atoms with van der Waals surface area (Å²) in [6.07, 6.45) is 9.93. The number of fused-ring (bicyclic) bond motifs is 6. The van der Waals surface area contributed by atoms with E-state index in [-0.39, 0.29) is 11.0 Å². The second kappa shape index (κ2) is 12.4. The van der Waals surface area contributed by atoms with Gasteiger partial charge in [-0.25, -0.2) is 0 Å². The summed E-state index contributed by atoms with van der Waals surface area (Å²) in [6, 6.07) is 60.5. The van der Waals surface area contributed by atoms with Crippen LogP contribution in [-0.4, -0.2) is 4.57 Å². The topological polar surface area (TPSA) is 8.17 Å². The molecule has 2 nitrogen and oxygen atoms in total. The van der Waals surface area contributed by atoms with Gasteiger partial charge in [-0.15, -0.1) is 0 Å². The van der Waals surface area contributed by atoms with Gasteiger partial charge >= 0.3 is 0 Å². The van der Waals surface area contributed by atoms with Gasteiger partial charge in [0.15, 0.2) is 0 Å². The smallest absolute Gasteiger partial charge is 0.0643 e. The minimum absolute atomic E-state index is 0.0855. The summed E-state index contributed by atoms with van der Waals surface area (Å²) in [6.45, 7) is 7.05. The van der Waals surface area contributed by atoms with Gasteiger partial charge in [-0.2, -0.15) is 0 Å². The molecule has 1 atom stereocenters. The molecule has 0 radical (unpaired) electrons. The van der Waals surface area contributed by atoms with Crippen LogP contribution in [0.5, 0.6) is 0 Å². The minimum atomic E-state index is -0.114. The van der Waals surface area contributed by atoms with E-state index in [9.17, 15) is 0 Å². The van der Waals surface area contributed by atoms with Gasteiger partial charge in [0.05, 0.1) is 5.54 Å². The summed E-state index contributed by atoms with van der Waals surface area (Å²) >= 11 is 0. The first-order chi connectivity index (χ1) is 26.4. The van der Waals surface area contributed by atoms with Crippen LogP contribution in [0.4, 0.5) is 17.1 Å². The molecular weight excluding hydrogens is 653 g/mol. The third-order valence-corrected chi connectivity index (χ3v) is 11.9. The van der Waals surface area contributed by atoms with E-state index in [1.807, 2.05) is 0 Å². The summed E-state index contributed by atoms with van der Waals surface area (Å²) in [7, 11) is 0. The Hall–Kier alpha value is -6.38. The monoisotopic (exact) mass is 694 g/mol. The molecule has 2 aliphatic carbocycles. The number of rotatable bonds is 6. The lowest BCUT2D eigenvalue weighted by molar-refractivity contribution is 0.437. The van der Waals surface area contributed by atoms with Crippen LogP contribution in [0.1, 0.15) is 38.3 Å². The van der Waals surface area contributed by atoms with Crippen molar-refractivity contribution in [1.29, 1.82) is 0 Å². The van der Waals surface area contributed by atoms with Crippen molar-refractivity contribution in [2.24, 2.45) is 0 Å². The standard InChI is InChI=1S/C52H42N2/c1-51(2)47-18-10-8-16-43(47)44-30-29-42(35-48(44)51)53(40-25-20-37(21-26-40)36-14-6-4-7-15-36)41-27-22-38(23-28-41)39-24-31-50-46(34-39)45-17-9-11-19-49(45)54(50)52(3)32-12-5-13-33-52/h4-32,34-35H,33H2,1-3H3. The molecule has 260 valence electrons. The molecule has 0 N–H and O–H groups in total. The zero-order valence-electron chi connectivity index (χ0n) is 31.0. The molecule has 0 amide bonds. The Morgan fingerprint density at radius 3 is 1.80 bits per heavy atom. The highest BCUT2D eigenvalue weighted by Gasteiger charge is 2.36. The number of hydrogen-bond donors (Lipinski definition) is 0. The first-order valence-corrected chi connectivity index (χ1v) is 19.1. The van der Waals surface area contributed by atoms with Crippen molar-refractivity contribution in [3.05, 3.63) is 199 Å². The van der Waals surface area contributed by atoms with Crippen LogP contribution in [0.15, 0.2) is 188 Å². The molecule has 0 bridgehead atoms. The fraction of sp³-hybridized carbons (Fsp3) is 0.115. The lowest BCUT2D eigenvalue weighted by atomic mass is 9.82. The van der Waals surface area contributed by atoms with Gasteiger partial charge in [0.1, 0.15) is 0 Å². The van der Waals surface area contributed by atoms with Crippen LogP contribution in [0.25, 0.3) is 55.2 Å². The Morgan fingerprint density at radius 1 is 0.463 bits per heavy atom. The Balaban J connectivity index is 1.06. The lowest BCUT2D eigenvalue weighted by Crippen LogP contribution is -2.27. The average Bonchev–Trinajstić information content (AvgIpc) is 3.68. The van der Waals surface area contributed by atoms with Gasteiger partial charge < -0.3 is 9.47 Å². The van der Waals surface area contributed by atoms with Crippen molar-refractivity contribution in [3.8, 4) is 33.4 Å². The molecule has 0 saturated heterocycles. The number of nitrogens with zero attached hydrogens (tertiary/aromatic N) is 2. The lowest BCUT2D eigenvalue weighted by Gasteiger charge is -2.31. The first kappa shape index (κ1) is 32.3. The van der Waals surface area contributed by atoms with E-state index in [4.69, 9.17) is 0 Å². The van der Waals surface area contributed by atoms with Crippen LogP contribution in [0.2, 0.25) is 0 Å². The van der Waals surface area contributed by atoms with Crippen molar-refractivity contribution in [1.82, 2.24) is 4.57 Å². The maximum atomic E-state index is 2.53. The van der Waals surface area contributed by atoms with E-state index >= 15 is 0 Å². The first-order valence-electron chi connectivity index (χ1n) is 19.1. The molecule has 2 aliphatic rings. The zero-order chi connectivity index (χ0) is 36.4. The summed E-state index contributed by atoms with van der Waals surface area (Å²) in [5, 5.41) is 2.58. The van der Waals surface area contributed by atoms with Gasteiger partial charge in [-0.1, -0.05) is 147 Å². The average molecular weight is 695 g/mol. The summed E-state index contributed by atoms with van der Waals surface area (Å²) in [5.74, 6) is 0.